The van der Waals surface area contributed by atoms with Gasteiger partial charge >= 0.3 is 12.2 Å². The number of nitrogens with one attached hydrogen (secondary N) is 2. The number of carbonyl (C=O) groups is 2. The number of alkyl halides is 3. The van der Waals surface area contributed by atoms with Crippen molar-refractivity contribution >= 4 is 34.7 Å². The van der Waals surface area contributed by atoms with Gasteiger partial charge in [0.2, 0.25) is 0 Å². The van der Waals surface area contributed by atoms with Gasteiger partial charge in [-0.2, -0.15) is 13.2 Å². The Morgan fingerprint density at radius 3 is 2.41 bits per heavy atom. The van der Waals surface area contributed by atoms with Crippen LogP contribution in [0, 0.1) is 5.92 Å². The van der Waals surface area contributed by atoms with Crippen LogP contribution in [0.2, 0.25) is 0 Å². The van der Waals surface area contributed by atoms with E-state index < -0.39 is 18.1 Å². The maximum atomic E-state index is 12.9. The number of hydrogen-bond donors (Lipinski definition) is 3. The smallest absolute Gasteiger partial charge is 0.391 e. The number of anilines is 4. The highest BCUT2D eigenvalue weighted by Crippen LogP contribution is 2.37. The van der Waals surface area contributed by atoms with Crippen molar-refractivity contribution in [3.63, 3.8) is 0 Å². The molecule has 0 atom stereocenters. The lowest BCUT2D eigenvalue weighted by atomic mass is 9.96. The fraction of sp³-hybridized carbons (Fsp3) is 0.391. The van der Waals surface area contributed by atoms with Crippen LogP contribution in [0.5, 0.6) is 5.75 Å². The first-order valence-corrected chi connectivity index (χ1v) is 11.0. The fourth-order valence-corrected chi connectivity index (χ4v) is 4.21. The van der Waals surface area contributed by atoms with Gasteiger partial charge in [0.25, 0.3) is 5.91 Å². The van der Waals surface area contributed by atoms with Crippen LogP contribution in [0.4, 0.5) is 40.7 Å². The average molecular weight is 477 g/mol. The Hall–Kier alpha value is -3.63. The highest BCUT2D eigenvalue weighted by molar-refractivity contribution is 5.98. The zero-order valence-corrected chi connectivity index (χ0v) is 18.4. The molecular formula is C23H26F3N5O3. The Labute approximate surface area is 194 Å². The molecule has 2 heterocycles. The van der Waals surface area contributed by atoms with E-state index in [4.69, 9.17) is 10.5 Å². The van der Waals surface area contributed by atoms with Crippen molar-refractivity contribution in [3.05, 3.63) is 42.5 Å². The Morgan fingerprint density at radius 2 is 1.76 bits per heavy atom. The molecule has 1 fully saturated rings. The highest BCUT2D eigenvalue weighted by Gasteiger charge is 2.41. The number of carbonyl (C=O) groups excluding carboxylic acids is 2. The molecule has 2 aromatic carbocycles. The summed E-state index contributed by atoms with van der Waals surface area (Å²) in [5.41, 5.74) is 8.12. The second-order valence-electron chi connectivity index (χ2n) is 8.28. The van der Waals surface area contributed by atoms with Crippen molar-refractivity contribution < 1.29 is 27.5 Å². The number of nitrogens with two attached hydrogens (primary N) is 1. The van der Waals surface area contributed by atoms with Crippen LogP contribution >= 0.6 is 0 Å². The third-order valence-electron chi connectivity index (χ3n) is 6.02. The molecule has 11 heteroatoms. The quantitative estimate of drug-likeness (QED) is 0.591. The summed E-state index contributed by atoms with van der Waals surface area (Å²) in [6, 6.07) is 12.2. The minimum absolute atomic E-state index is 0.104. The fourth-order valence-electron chi connectivity index (χ4n) is 4.21. The predicted octanol–water partition coefficient (Wildman–Crippen LogP) is 3.60. The number of amides is 3. The number of benzene rings is 2. The summed E-state index contributed by atoms with van der Waals surface area (Å²) in [6.07, 6.45) is -3.91. The first-order valence-electron chi connectivity index (χ1n) is 11.0. The van der Waals surface area contributed by atoms with Gasteiger partial charge in [0.05, 0.1) is 11.6 Å². The van der Waals surface area contributed by atoms with Gasteiger partial charge in [0.1, 0.15) is 5.75 Å². The van der Waals surface area contributed by atoms with Crippen molar-refractivity contribution in [3.8, 4) is 5.75 Å². The first kappa shape index (κ1) is 23.5. The molecule has 182 valence electrons. The van der Waals surface area contributed by atoms with E-state index in [1.165, 1.54) is 4.90 Å². The molecule has 2 aliphatic heterocycles. The number of nitrogens with zero attached hydrogens (tertiary/aromatic N) is 2. The third-order valence-corrected chi connectivity index (χ3v) is 6.02. The number of fused-ring (bicyclic) bond motifs is 1. The van der Waals surface area contributed by atoms with Gasteiger partial charge in [-0.1, -0.05) is 0 Å². The molecule has 2 aliphatic rings. The number of ether oxygens (including phenoxy) is 1. The molecule has 8 nitrogen and oxygen atoms in total. The molecule has 4 N–H and O–H groups in total. The molecule has 0 bridgehead atoms. The normalized spacial score (nSPS) is 16.6. The molecular weight excluding hydrogens is 451 g/mol. The summed E-state index contributed by atoms with van der Waals surface area (Å²) < 4.78 is 44.2. The van der Waals surface area contributed by atoms with Gasteiger partial charge < -0.3 is 30.9 Å². The molecule has 0 aliphatic carbocycles. The molecule has 1 saturated heterocycles. The average Bonchev–Trinajstić information content (AvgIpc) is 2.80. The highest BCUT2D eigenvalue weighted by atomic mass is 19.4. The molecule has 0 saturated carbocycles. The first-order chi connectivity index (χ1) is 16.2. The largest absolute Gasteiger partial charge is 0.481 e. The van der Waals surface area contributed by atoms with Crippen LogP contribution in [-0.4, -0.2) is 50.9 Å². The van der Waals surface area contributed by atoms with E-state index >= 15 is 0 Å². The minimum atomic E-state index is -4.12. The molecule has 0 spiro atoms. The topological polar surface area (TPSA) is 99.9 Å². The van der Waals surface area contributed by atoms with Crippen molar-refractivity contribution in [2.24, 2.45) is 11.7 Å². The zero-order valence-electron chi connectivity index (χ0n) is 18.4. The van der Waals surface area contributed by atoms with Gasteiger partial charge in [0, 0.05) is 49.3 Å². The number of rotatable bonds is 6. The standard InChI is InChI=1S/C23H26F3N5O3/c24-23(25,26)15-7-10-30(11-8-15)18-4-1-16(2-5-18)29-17-3-6-19-20(13-17)34-14-21(32)31(19)12-9-28-22(27)33/h1-6,13,15,29H,7-12,14H2,(H3,27,28,33). The van der Waals surface area contributed by atoms with E-state index in [2.05, 4.69) is 10.6 Å². The van der Waals surface area contributed by atoms with Crippen molar-refractivity contribution in [2.75, 3.05) is 47.9 Å². The summed E-state index contributed by atoms with van der Waals surface area (Å²) in [4.78, 5) is 26.6. The molecule has 0 aromatic heterocycles. The van der Waals surface area contributed by atoms with E-state index in [0.717, 1.165) is 17.1 Å². The second-order valence-corrected chi connectivity index (χ2v) is 8.28. The zero-order chi connectivity index (χ0) is 24.3. The predicted molar refractivity (Wildman–Crippen MR) is 123 cm³/mol. The number of urea groups is 1. The van der Waals surface area contributed by atoms with E-state index in [-0.39, 0.29) is 38.4 Å². The Bertz CT molecular complexity index is 1040. The lowest BCUT2D eigenvalue weighted by molar-refractivity contribution is -0.179. The maximum Gasteiger partial charge on any atom is 0.391 e. The molecule has 0 radical (unpaired) electrons. The van der Waals surface area contributed by atoms with Crippen LogP contribution in [0.3, 0.4) is 0 Å². The summed E-state index contributed by atoms with van der Waals surface area (Å²) in [5.74, 6) is -0.899. The Balaban J connectivity index is 1.38. The molecule has 2 aromatic rings. The molecule has 3 amide bonds. The van der Waals surface area contributed by atoms with Crippen LogP contribution in [0.15, 0.2) is 42.5 Å². The van der Waals surface area contributed by atoms with Crippen LogP contribution in [-0.2, 0) is 4.79 Å². The summed E-state index contributed by atoms with van der Waals surface area (Å²) >= 11 is 0. The van der Waals surface area contributed by atoms with Crippen LogP contribution in [0.25, 0.3) is 0 Å². The summed E-state index contributed by atoms with van der Waals surface area (Å²) in [6.45, 7) is 1.15. The van der Waals surface area contributed by atoms with E-state index in [9.17, 15) is 22.8 Å². The molecule has 0 unspecified atom stereocenters. The van der Waals surface area contributed by atoms with Crippen molar-refractivity contribution in [1.29, 1.82) is 0 Å². The monoisotopic (exact) mass is 477 g/mol. The lowest BCUT2D eigenvalue weighted by Crippen LogP contribution is -2.44. The minimum Gasteiger partial charge on any atom is -0.481 e. The van der Waals surface area contributed by atoms with Gasteiger partial charge in [-0.15, -0.1) is 0 Å². The van der Waals surface area contributed by atoms with Crippen molar-refractivity contribution in [2.45, 2.75) is 19.0 Å². The van der Waals surface area contributed by atoms with Crippen LogP contribution < -0.4 is 30.9 Å². The van der Waals surface area contributed by atoms with E-state index in [1.54, 1.807) is 12.1 Å². The van der Waals surface area contributed by atoms with Gasteiger partial charge in [-0.25, -0.2) is 4.79 Å². The summed E-state index contributed by atoms with van der Waals surface area (Å²) in [5, 5.41) is 5.73. The van der Waals surface area contributed by atoms with E-state index in [0.29, 0.717) is 24.5 Å². The van der Waals surface area contributed by atoms with Gasteiger partial charge in [0.15, 0.2) is 6.61 Å². The van der Waals surface area contributed by atoms with Gasteiger partial charge in [-0.05, 0) is 49.2 Å². The number of piperidine rings is 1. The molecule has 4 rings (SSSR count). The number of halogens is 3. The van der Waals surface area contributed by atoms with E-state index in [1.807, 2.05) is 35.2 Å². The van der Waals surface area contributed by atoms with Gasteiger partial charge in [-0.3, -0.25) is 4.79 Å². The third kappa shape index (κ3) is 5.46. The van der Waals surface area contributed by atoms with Crippen LogP contribution in [0.1, 0.15) is 12.8 Å². The lowest BCUT2D eigenvalue weighted by Gasteiger charge is -2.34. The second kappa shape index (κ2) is 9.70. The molecule has 34 heavy (non-hydrogen) atoms. The summed E-state index contributed by atoms with van der Waals surface area (Å²) in [7, 11) is 0. The Morgan fingerprint density at radius 1 is 1.09 bits per heavy atom. The van der Waals surface area contributed by atoms with Crippen molar-refractivity contribution in [1.82, 2.24) is 5.32 Å². The number of primary amides is 1. The number of hydrogen-bond acceptors (Lipinski definition) is 5. The Kier molecular flexibility index (Phi) is 6.71. The SMILES string of the molecule is NC(=O)NCCN1C(=O)COc2cc(Nc3ccc(N4CCC(C(F)(F)F)CC4)cc3)ccc21. The maximum absolute atomic E-state index is 12.9.